The van der Waals surface area contributed by atoms with Gasteiger partial charge in [0.2, 0.25) is 0 Å². The number of hydrogen-bond donors (Lipinski definition) is 1. The predicted molar refractivity (Wildman–Crippen MR) is 46.3 cm³/mol. The molecule has 5 nitrogen and oxygen atoms in total. The number of halogens is 2. The van der Waals surface area contributed by atoms with Crippen molar-refractivity contribution in [2.24, 2.45) is 0 Å². The van der Waals surface area contributed by atoms with Crippen molar-refractivity contribution in [2.45, 2.75) is 6.43 Å². The van der Waals surface area contributed by atoms with E-state index in [1.165, 1.54) is 6.07 Å². The first kappa shape index (κ1) is 11.2. The molecule has 0 saturated carbocycles. The lowest BCUT2D eigenvalue weighted by molar-refractivity contribution is -0.385. The molecular formula is C8H7F2NO4. The molecular weight excluding hydrogens is 212 g/mol. The molecule has 0 saturated heterocycles. The molecule has 0 aliphatic rings. The molecule has 7 heteroatoms. The van der Waals surface area contributed by atoms with E-state index in [-0.39, 0.29) is 5.75 Å². The summed E-state index contributed by atoms with van der Waals surface area (Å²) in [6.07, 6.45) is -2.65. The maximum Gasteiger partial charge on any atom is 0.314 e. The Kier molecular flexibility index (Phi) is 3.37. The van der Waals surface area contributed by atoms with Gasteiger partial charge in [0, 0.05) is 0 Å². The van der Waals surface area contributed by atoms with Crippen molar-refractivity contribution >= 4 is 5.69 Å². The Labute approximate surface area is 83.1 Å². The highest BCUT2D eigenvalue weighted by Gasteiger charge is 2.14. The molecule has 0 bridgehead atoms. The van der Waals surface area contributed by atoms with E-state index in [9.17, 15) is 18.9 Å². The Morgan fingerprint density at radius 1 is 1.53 bits per heavy atom. The standard InChI is InChI=1S/C8H7F2NO4/c9-8(10)4-15-5-1-2-7(12)6(3-5)11(13)14/h1-3,8,12H,4H2. The third kappa shape index (κ3) is 3.04. The Bertz CT molecular complexity index is 370. The highest BCUT2D eigenvalue weighted by molar-refractivity contribution is 5.49. The van der Waals surface area contributed by atoms with Crippen LogP contribution in [0.25, 0.3) is 0 Å². The first-order chi connectivity index (χ1) is 7.00. The molecule has 0 spiro atoms. The van der Waals surface area contributed by atoms with Crippen molar-refractivity contribution in [1.29, 1.82) is 0 Å². The van der Waals surface area contributed by atoms with Crippen LogP contribution in [0.5, 0.6) is 11.5 Å². The van der Waals surface area contributed by atoms with Gasteiger partial charge in [0.15, 0.2) is 5.75 Å². The van der Waals surface area contributed by atoms with Gasteiger partial charge in [-0.25, -0.2) is 8.78 Å². The molecule has 0 fully saturated rings. The molecule has 0 unspecified atom stereocenters. The first-order valence-electron chi connectivity index (χ1n) is 3.89. The zero-order chi connectivity index (χ0) is 11.4. The smallest absolute Gasteiger partial charge is 0.314 e. The van der Waals surface area contributed by atoms with Crippen LogP contribution in [0.4, 0.5) is 14.5 Å². The number of nitrogens with zero attached hydrogens (tertiary/aromatic N) is 1. The normalized spacial score (nSPS) is 10.3. The van der Waals surface area contributed by atoms with Gasteiger partial charge in [-0.1, -0.05) is 0 Å². The highest BCUT2D eigenvalue weighted by atomic mass is 19.3. The molecule has 0 aliphatic carbocycles. The second-order valence-corrected chi connectivity index (χ2v) is 2.61. The molecule has 1 aromatic carbocycles. The van der Waals surface area contributed by atoms with Crippen LogP contribution >= 0.6 is 0 Å². The van der Waals surface area contributed by atoms with E-state index in [2.05, 4.69) is 4.74 Å². The Morgan fingerprint density at radius 3 is 2.73 bits per heavy atom. The molecule has 0 atom stereocenters. The van der Waals surface area contributed by atoms with Crippen LogP contribution in [-0.4, -0.2) is 23.1 Å². The lowest BCUT2D eigenvalue weighted by atomic mass is 10.3. The summed E-state index contributed by atoms with van der Waals surface area (Å²) in [6, 6.07) is 3.07. The molecule has 1 aromatic rings. The minimum absolute atomic E-state index is 0.0835. The number of rotatable bonds is 4. The summed E-state index contributed by atoms with van der Waals surface area (Å²) < 4.78 is 28.0. The van der Waals surface area contributed by atoms with Crippen LogP contribution in [0.2, 0.25) is 0 Å². The number of hydrogen-bond acceptors (Lipinski definition) is 4. The number of nitro groups is 1. The van der Waals surface area contributed by atoms with Crippen molar-refractivity contribution in [3.8, 4) is 11.5 Å². The van der Waals surface area contributed by atoms with E-state index in [0.29, 0.717) is 0 Å². The Balaban J connectivity index is 2.83. The molecule has 1 rings (SSSR count). The Morgan fingerprint density at radius 2 is 2.20 bits per heavy atom. The van der Waals surface area contributed by atoms with E-state index in [1.54, 1.807) is 0 Å². The number of aromatic hydroxyl groups is 1. The lowest BCUT2D eigenvalue weighted by Gasteiger charge is -2.05. The number of phenols is 1. The highest BCUT2D eigenvalue weighted by Crippen LogP contribution is 2.29. The van der Waals surface area contributed by atoms with Gasteiger partial charge in [-0.05, 0) is 12.1 Å². The summed E-state index contributed by atoms with van der Waals surface area (Å²) in [4.78, 5) is 9.53. The number of benzene rings is 1. The van der Waals surface area contributed by atoms with Crippen LogP contribution in [0, 0.1) is 10.1 Å². The van der Waals surface area contributed by atoms with E-state index in [1.807, 2.05) is 0 Å². The quantitative estimate of drug-likeness (QED) is 0.620. The molecule has 15 heavy (non-hydrogen) atoms. The third-order valence-corrected chi connectivity index (χ3v) is 1.52. The van der Waals surface area contributed by atoms with E-state index in [0.717, 1.165) is 12.1 Å². The third-order valence-electron chi connectivity index (χ3n) is 1.52. The van der Waals surface area contributed by atoms with Crippen molar-refractivity contribution in [3.05, 3.63) is 28.3 Å². The van der Waals surface area contributed by atoms with Crippen LogP contribution in [-0.2, 0) is 0 Å². The van der Waals surface area contributed by atoms with Crippen molar-refractivity contribution in [1.82, 2.24) is 0 Å². The van der Waals surface area contributed by atoms with E-state index in [4.69, 9.17) is 5.11 Å². The summed E-state index contributed by atoms with van der Waals surface area (Å²) in [5, 5.41) is 19.4. The van der Waals surface area contributed by atoms with Crippen molar-refractivity contribution < 1.29 is 23.5 Å². The number of phenolic OH excluding ortho intramolecular Hbond substituents is 1. The maximum atomic E-state index is 11.8. The molecule has 0 aromatic heterocycles. The summed E-state index contributed by atoms with van der Waals surface area (Å²) >= 11 is 0. The van der Waals surface area contributed by atoms with Gasteiger partial charge < -0.3 is 9.84 Å². The van der Waals surface area contributed by atoms with Gasteiger partial charge >= 0.3 is 5.69 Å². The summed E-state index contributed by atoms with van der Waals surface area (Å²) in [5.41, 5.74) is -0.582. The van der Waals surface area contributed by atoms with Crippen LogP contribution in [0.1, 0.15) is 0 Å². The molecule has 0 amide bonds. The summed E-state index contributed by atoms with van der Waals surface area (Å²) in [7, 11) is 0. The summed E-state index contributed by atoms with van der Waals surface area (Å²) in [5.74, 6) is -0.621. The van der Waals surface area contributed by atoms with Gasteiger partial charge in [0.05, 0.1) is 11.0 Å². The predicted octanol–water partition coefficient (Wildman–Crippen LogP) is 1.94. The monoisotopic (exact) mass is 219 g/mol. The van der Waals surface area contributed by atoms with Crippen LogP contribution in [0.15, 0.2) is 18.2 Å². The molecule has 0 radical (unpaired) electrons. The zero-order valence-corrected chi connectivity index (χ0v) is 7.39. The topological polar surface area (TPSA) is 72.6 Å². The number of nitro benzene ring substituents is 1. The van der Waals surface area contributed by atoms with E-state index >= 15 is 0 Å². The molecule has 0 heterocycles. The Hall–Kier alpha value is -1.92. The SMILES string of the molecule is O=[N+]([O-])c1cc(OCC(F)F)ccc1O. The van der Waals surface area contributed by atoms with Crippen molar-refractivity contribution in [2.75, 3.05) is 6.61 Å². The largest absolute Gasteiger partial charge is 0.502 e. The zero-order valence-electron chi connectivity index (χ0n) is 7.39. The minimum Gasteiger partial charge on any atom is -0.502 e. The first-order valence-corrected chi connectivity index (χ1v) is 3.89. The van der Waals surface area contributed by atoms with Crippen molar-refractivity contribution in [3.63, 3.8) is 0 Å². The average Bonchev–Trinajstić information content (AvgIpc) is 2.16. The maximum absolute atomic E-state index is 11.8. The second-order valence-electron chi connectivity index (χ2n) is 2.61. The van der Waals surface area contributed by atoms with Crippen LogP contribution in [0.3, 0.4) is 0 Å². The van der Waals surface area contributed by atoms with Gasteiger partial charge in [0.1, 0.15) is 12.4 Å². The minimum atomic E-state index is -2.65. The summed E-state index contributed by atoms with van der Waals surface area (Å²) in [6.45, 7) is -0.845. The molecule has 82 valence electrons. The van der Waals surface area contributed by atoms with E-state index < -0.39 is 29.4 Å². The van der Waals surface area contributed by atoms with Gasteiger partial charge in [-0.15, -0.1) is 0 Å². The van der Waals surface area contributed by atoms with Gasteiger partial charge in [-0.2, -0.15) is 0 Å². The second kappa shape index (κ2) is 4.54. The average molecular weight is 219 g/mol. The van der Waals surface area contributed by atoms with Gasteiger partial charge in [0.25, 0.3) is 6.43 Å². The van der Waals surface area contributed by atoms with Crippen LogP contribution < -0.4 is 4.74 Å². The number of ether oxygens (including phenoxy) is 1. The molecule has 0 aliphatic heterocycles. The fourth-order valence-electron chi connectivity index (χ4n) is 0.898. The molecule has 1 N–H and O–H groups in total. The fourth-order valence-corrected chi connectivity index (χ4v) is 0.898. The fraction of sp³-hybridized carbons (Fsp3) is 0.250. The lowest BCUT2D eigenvalue weighted by Crippen LogP contribution is -2.07. The number of alkyl halides is 2. The van der Waals surface area contributed by atoms with Gasteiger partial charge in [-0.3, -0.25) is 10.1 Å².